The summed E-state index contributed by atoms with van der Waals surface area (Å²) in [5.41, 5.74) is 0. The summed E-state index contributed by atoms with van der Waals surface area (Å²) in [6.45, 7) is 0. The van der Waals surface area contributed by atoms with Gasteiger partial charge in [-0.05, 0) is 0 Å². The minimum absolute atomic E-state index is 0. The van der Waals surface area contributed by atoms with Gasteiger partial charge in [0.1, 0.15) is 0 Å². The van der Waals surface area contributed by atoms with Crippen molar-refractivity contribution in [3.63, 3.8) is 0 Å². The SMILES string of the molecule is O=C(O)CCS.[SbH3]. The molecule has 1 N–H and O–H groups in total. The second-order valence-electron chi connectivity index (χ2n) is 0.867. The first-order chi connectivity index (χ1) is 2.77. The second kappa shape index (κ2) is 6.64. The Hall–Kier alpha value is 0.638. The zero-order chi connectivity index (χ0) is 4.99. The Balaban J connectivity index is 0. The molecule has 44 valence electrons. The third kappa shape index (κ3) is 10.8. The zero-order valence-electron chi connectivity index (χ0n) is 3.92. The van der Waals surface area contributed by atoms with Gasteiger partial charge in [-0.25, -0.2) is 0 Å². The molecule has 0 aromatic heterocycles. The van der Waals surface area contributed by atoms with E-state index in [-0.39, 0.29) is 30.8 Å². The summed E-state index contributed by atoms with van der Waals surface area (Å²) in [5, 5.41) is 7.86. The number of hydrogen-bond donors (Lipinski definition) is 2. The zero-order valence-corrected chi connectivity index (χ0v) is 8.85. The quantitative estimate of drug-likeness (QED) is 0.482. The average molecular weight is 231 g/mol. The molecule has 0 aliphatic carbocycles. The van der Waals surface area contributed by atoms with Crippen LogP contribution in [0.4, 0.5) is 0 Å². The molecule has 7 heavy (non-hydrogen) atoms. The van der Waals surface area contributed by atoms with Crippen LogP contribution in [0.25, 0.3) is 0 Å². The number of hydrogen-bond acceptors (Lipinski definition) is 2. The fourth-order valence-corrected chi connectivity index (χ4v) is 0.287. The third-order valence-electron chi connectivity index (χ3n) is 0.326. The molecular formula is C3H9O2SSb. The predicted molar refractivity (Wildman–Crippen MR) is 36.0 cm³/mol. The van der Waals surface area contributed by atoms with Crippen molar-refractivity contribution >= 4 is 43.0 Å². The number of rotatable bonds is 2. The van der Waals surface area contributed by atoms with Gasteiger partial charge in [-0.15, -0.1) is 0 Å². The molecule has 0 amide bonds. The van der Waals surface area contributed by atoms with Gasteiger partial charge in [0.15, 0.2) is 0 Å². The summed E-state index contributed by atoms with van der Waals surface area (Å²) in [5.74, 6) is -0.361. The van der Waals surface area contributed by atoms with Crippen molar-refractivity contribution < 1.29 is 9.90 Å². The topological polar surface area (TPSA) is 37.3 Å². The maximum absolute atomic E-state index is 9.55. The van der Waals surface area contributed by atoms with Gasteiger partial charge in [0, 0.05) is 5.75 Å². The van der Waals surface area contributed by atoms with Crippen LogP contribution < -0.4 is 0 Å². The Morgan fingerprint density at radius 2 is 2.14 bits per heavy atom. The van der Waals surface area contributed by atoms with Crippen LogP contribution >= 0.6 is 12.6 Å². The van der Waals surface area contributed by atoms with Gasteiger partial charge < -0.3 is 5.11 Å². The Labute approximate surface area is 65.2 Å². The van der Waals surface area contributed by atoms with Crippen molar-refractivity contribution in [2.24, 2.45) is 0 Å². The van der Waals surface area contributed by atoms with Crippen LogP contribution in [0.5, 0.6) is 0 Å². The molecule has 0 aliphatic rings. The molecule has 0 heterocycles. The van der Waals surface area contributed by atoms with Crippen LogP contribution in [-0.4, -0.2) is 41.3 Å². The summed E-state index contributed by atoms with van der Waals surface area (Å²) in [6, 6.07) is 0. The summed E-state index contributed by atoms with van der Waals surface area (Å²) in [6.07, 6.45) is 0.156. The van der Waals surface area contributed by atoms with Crippen molar-refractivity contribution in [1.82, 2.24) is 0 Å². The monoisotopic (exact) mass is 230 g/mol. The molecule has 0 fully saturated rings. The van der Waals surface area contributed by atoms with Crippen LogP contribution in [0.15, 0.2) is 0 Å². The first-order valence-electron chi connectivity index (χ1n) is 1.60. The van der Waals surface area contributed by atoms with E-state index < -0.39 is 5.97 Å². The fraction of sp³-hybridized carbons (Fsp3) is 0.667. The van der Waals surface area contributed by atoms with E-state index in [9.17, 15) is 4.79 Å². The van der Waals surface area contributed by atoms with Crippen LogP contribution in [-0.2, 0) is 4.79 Å². The van der Waals surface area contributed by atoms with Gasteiger partial charge >= 0.3 is 30.4 Å². The Bertz CT molecular complexity index is 56.9. The predicted octanol–water partition coefficient (Wildman–Crippen LogP) is -0.793. The van der Waals surface area contributed by atoms with Crippen LogP contribution in [0.3, 0.4) is 0 Å². The van der Waals surface area contributed by atoms with Gasteiger partial charge in [0.05, 0.1) is 6.42 Å². The van der Waals surface area contributed by atoms with Crippen LogP contribution in [0, 0.1) is 0 Å². The van der Waals surface area contributed by atoms with E-state index in [4.69, 9.17) is 5.11 Å². The molecule has 0 unspecified atom stereocenters. The normalized spacial score (nSPS) is 7.00. The summed E-state index contributed by atoms with van der Waals surface area (Å²) < 4.78 is 0. The molecule has 2 nitrogen and oxygen atoms in total. The molecule has 0 bridgehead atoms. The van der Waals surface area contributed by atoms with Crippen molar-refractivity contribution in [3.05, 3.63) is 0 Å². The van der Waals surface area contributed by atoms with E-state index in [2.05, 4.69) is 12.6 Å². The molecule has 0 aromatic carbocycles. The van der Waals surface area contributed by atoms with E-state index in [1.165, 1.54) is 0 Å². The first kappa shape index (κ1) is 10.6. The van der Waals surface area contributed by atoms with Gasteiger partial charge in [-0.3, -0.25) is 4.79 Å². The molecule has 0 aliphatic heterocycles. The van der Waals surface area contributed by atoms with E-state index in [0.29, 0.717) is 5.75 Å². The molecule has 0 aromatic rings. The number of carboxylic acid groups (broad SMARTS) is 1. The number of thiol groups is 1. The second-order valence-corrected chi connectivity index (χ2v) is 1.31. The molecular weight excluding hydrogens is 222 g/mol. The first-order valence-corrected chi connectivity index (χ1v) is 2.23. The molecule has 4 heteroatoms. The van der Waals surface area contributed by atoms with E-state index in [1.54, 1.807) is 0 Å². The van der Waals surface area contributed by atoms with Gasteiger partial charge in [-0.2, -0.15) is 12.6 Å². The van der Waals surface area contributed by atoms with Gasteiger partial charge in [0.25, 0.3) is 0 Å². The summed E-state index contributed by atoms with van der Waals surface area (Å²) in [7, 11) is 0. The summed E-state index contributed by atoms with van der Waals surface area (Å²) >= 11 is 3.68. The average Bonchev–Trinajstić information content (AvgIpc) is 1.35. The van der Waals surface area contributed by atoms with Crippen molar-refractivity contribution in [2.75, 3.05) is 5.75 Å². The molecule has 0 radical (unpaired) electrons. The Morgan fingerprint density at radius 3 is 2.14 bits per heavy atom. The number of aliphatic carboxylic acids is 1. The van der Waals surface area contributed by atoms with E-state index in [0.717, 1.165) is 0 Å². The minimum atomic E-state index is -0.787. The van der Waals surface area contributed by atoms with Crippen LogP contribution in [0.1, 0.15) is 6.42 Å². The Kier molecular flexibility index (Phi) is 10.0. The molecule has 0 rings (SSSR count). The molecule has 0 atom stereocenters. The van der Waals surface area contributed by atoms with E-state index >= 15 is 0 Å². The standard InChI is InChI=1S/C3H6O2S.Sb.3H/c4-3(5)1-2-6;;;;/h6H,1-2H2,(H,4,5);;;;. The van der Waals surface area contributed by atoms with Crippen molar-refractivity contribution in [1.29, 1.82) is 0 Å². The van der Waals surface area contributed by atoms with Gasteiger partial charge in [-0.1, -0.05) is 0 Å². The molecule has 0 saturated heterocycles. The third-order valence-corrected chi connectivity index (χ3v) is 0.549. The van der Waals surface area contributed by atoms with Crippen molar-refractivity contribution in [2.45, 2.75) is 6.42 Å². The van der Waals surface area contributed by atoms with Gasteiger partial charge in [0.2, 0.25) is 0 Å². The Morgan fingerprint density at radius 1 is 1.71 bits per heavy atom. The molecule has 0 spiro atoms. The fourth-order valence-electron chi connectivity index (χ4n) is 0.0956. The number of carbonyl (C=O) groups is 1. The van der Waals surface area contributed by atoms with Crippen LogP contribution in [0.2, 0.25) is 0 Å². The number of carboxylic acids is 1. The summed E-state index contributed by atoms with van der Waals surface area (Å²) in [4.78, 5) is 9.55. The van der Waals surface area contributed by atoms with E-state index in [1.807, 2.05) is 0 Å². The maximum atomic E-state index is 9.55. The van der Waals surface area contributed by atoms with Crippen molar-refractivity contribution in [3.8, 4) is 0 Å². The molecule has 0 saturated carbocycles.